The lowest BCUT2D eigenvalue weighted by Gasteiger charge is -2.11. The molecule has 0 aliphatic rings. The average molecular weight is 739 g/mol. The Morgan fingerprint density at radius 1 is 0.310 bits per heavy atom. The van der Waals surface area contributed by atoms with Crippen molar-refractivity contribution in [3.05, 3.63) is 206 Å². The minimum absolute atomic E-state index is 0.716. The van der Waals surface area contributed by atoms with Crippen molar-refractivity contribution >= 4 is 65.3 Å². The fourth-order valence-electron chi connectivity index (χ4n) is 9.04. The SMILES string of the molecule is c1ccc(-c2nc(-c3ccc(-n4c5ccccc5c5cc(-c6ccc7c(c6)c6c8ccccc8ccc6n7-c6ccccc6)ccc54)cc3)nc3ccccc23)cc1. The molecule has 12 rings (SSSR count). The van der Waals surface area contributed by atoms with Crippen LogP contribution in [-0.2, 0) is 0 Å². The monoisotopic (exact) mass is 738 g/mol. The minimum atomic E-state index is 0.716. The van der Waals surface area contributed by atoms with Crippen LogP contribution in [0.25, 0.3) is 110 Å². The average Bonchev–Trinajstić information content (AvgIpc) is 3.82. The number of hydrogen-bond donors (Lipinski definition) is 0. The van der Waals surface area contributed by atoms with Crippen molar-refractivity contribution in [2.24, 2.45) is 0 Å². The molecule has 12 aromatic rings. The molecule has 0 atom stereocenters. The molecule has 3 aromatic heterocycles. The van der Waals surface area contributed by atoms with E-state index in [9.17, 15) is 0 Å². The molecular formula is C54H34N4. The number of nitrogens with zero attached hydrogens (tertiary/aromatic N) is 4. The van der Waals surface area contributed by atoms with Crippen molar-refractivity contribution in [1.29, 1.82) is 0 Å². The van der Waals surface area contributed by atoms with Crippen LogP contribution in [0.4, 0.5) is 0 Å². The first kappa shape index (κ1) is 32.4. The lowest BCUT2D eigenvalue weighted by atomic mass is 9.99. The Kier molecular flexibility index (Phi) is 7.20. The van der Waals surface area contributed by atoms with Gasteiger partial charge in [-0.15, -0.1) is 0 Å². The number of para-hydroxylation sites is 3. The Hall–Kier alpha value is -7.82. The topological polar surface area (TPSA) is 35.6 Å². The van der Waals surface area contributed by atoms with Crippen molar-refractivity contribution in [2.45, 2.75) is 0 Å². The van der Waals surface area contributed by atoms with Gasteiger partial charge in [-0.25, -0.2) is 9.97 Å². The molecular weight excluding hydrogens is 705 g/mol. The smallest absolute Gasteiger partial charge is 0.160 e. The van der Waals surface area contributed by atoms with Gasteiger partial charge in [-0.05, 0) is 101 Å². The molecule has 9 aromatic carbocycles. The van der Waals surface area contributed by atoms with E-state index in [1.165, 1.54) is 65.5 Å². The molecule has 4 nitrogen and oxygen atoms in total. The van der Waals surface area contributed by atoms with Gasteiger partial charge in [-0.1, -0.05) is 127 Å². The molecule has 0 bridgehead atoms. The molecule has 270 valence electrons. The van der Waals surface area contributed by atoms with Crippen molar-refractivity contribution < 1.29 is 0 Å². The Bertz CT molecular complexity index is 3540. The van der Waals surface area contributed by atoms with E-state index in [0.29, 0.717) is 5.82 Å². The summed E-state index contributed by atoms with van der Waals surface area (Å²) in [5, 5.41) is 8.54. The number of fused-ring (bicyclic) bond motifs is 9. The summed E-state index contributed by atoms with van der Waals surface area (Å²) >= 11 is 0. The van der Waals surface area contributed by atoms with Crippen LogP contribution in [0.15, 0.2) is 206 Å². The van der Waals surface area contributed by atoms with E-state index in [0.717, 1.165) is 39.1 Å². The maximum atomic E-state index is 5.12. The first-order valence-electron chi connectivity index (χ1n) is 19.7. The van der Waals surface area contributed by atoms with E-state index >= 15 is 0 Å². The highest BCUT2D eigenvalue weighted by molar-refractivity contribution is 6.22. The molecule has 0 amide bonds. The molecule has 0 fully saturated rings. The maximum Gasteiger partial charge on any atom is 0.160 e. The lowest BCUT2D eigenvalue weighted by molar-refractivity contribution is 1.17. The summed E-state index contributed by atoms with van der Waals surface area (Å²) in [6.45, 7) is 0. The van der Waals surface area contributed by atoms with E-state index in [-0.39, 0.29) is 0 Å². The quantitative estimate of drug-likeness (QED) is 0.176. The van der Waals surface area contributed by atoms with Gasteiger partial charge >= 0.3 is 0 Å². The summed E-state index contributed by atoms with van der Waals surface area (Å²) in [6, 6.07) is 73.8. The summed E-state index contributed by atoms with van der Waals surface area (Å²) in [7, 11) is 0. The van der Waals surface area contributed by atoms with Gasteiger partial charge in [0, 0.05) is 49.4 Å². The van der Waals surface area contributed by atoms with E-state index in [1.54, 1.807) is 0 Å². The predicted octanol–water partition coefficient (Wildman–Crippen LogP) is 14.0. The van der Waals surface area contributed by atoms with Gasteiger partial charge in [0.25, 0.3) is 0 Å². The highest BCUT2D eigenvalue weighted by Crippen LogP contribution is 2.41. The highest BCUT2D eigenvalue weighted by atomic mass is 15.0. The molecule has 3 heterocycles. The molecule has 0 spiro atoms. The second-order valence-electron chi connectivity index (χ2n) is 15.0. The molecule has 0 saturated heterocycles. The molecule has 0 aliphatic heterocycles. The van der Waals surface area contributed by atoms with Crippen LogP contribution < -0.4 is 0 Å². The summed E-state index contributed by atoms with van der Waals surface area (Å²) in [5.74, 6) is 0.716. The third-order valence-corrected chi connectivity index (χ3v) is 11.7. The van der Waals surface area contributed by atoms with Gasteiger partial charge in [0.1, 0.15) is 0 Å². The second-order valence-corrected chi connectivity index (χ2v) is 15.0. The first-order valence-corrected chi connectivity index (χ1v) is 19.7. The van der Waals surface area contributed by atoms with Crippen LogP contribution in [0, 0.1) is 0 Å². The van der Waals surface area contributed by atoms with E-state index < -0.39 is 0 Å². The Morgan fingerprint density at radius 2 is 0.862 bits per heavy atom. The van der Waals surface area contributed by atoms with Gasteiger partial charge in [-0.2, -0.15) is 0 Å². The van der Waals surface area contributed by atoms with Crippen LogP contribution in [0.2, 0.25) is 0 Å². The fourth-order valence-corrected chi connectivity index (χ4v) is 9.04. The third kappa shape index (κ3) is 5.02. The highest BCUT2D eigenvalue weighted by Gasteiger charge is 2.18. The van der Waals surface area contributed by atoms with E-state index in [1.807, 2.05) is 18.2 Å². The Labute approximate surface area is 334 Å². The van der Waals surface area contributed by atoms with Gasteiger partial charge in [0.2, 0.25) is 0 Å². The Balaban J connectivity index is 0.988. The van der Waals surface area contributed by atoms with Gasteiger partial charge < -0.3 is 9.13 Å². The molecule has 0 radical (unpaired) electrons. The number of rotatable bonds is 5. The third-order valence-electron chi connectivity index (χ3n) is 11.7. The zero-order valence-corrected chi connectivity index (χ0v) is 31.4. The van der Waals surface area contributed by atoms with Crippen LogP contribution in [0.1, 0.15) is 0 Å². The lowest BCUT2D eigenvalue weighted by Crippen LogP contribution is -1.97. The van der Waals surface area contributed by atoms with Crippen molar-refractivity contribution in [3.63, 3.8) is 0 Å². The summed E-state index contributed by atoms with van der Waals surface area (Å²) in [5.41, 5.74) is 13.3. The molecule has 0 unspecified atom stereocenters. The summed E-state index contributed by atoms with van der Waals surface area (Å²) in [4.78, 5) is 10.1. The first-order chi connectivity index (χ1) is 28.8. The number of benzene rings is 9. The van der Waals surface area contributed by atoms with Crippen LogP contribution in [-0.4, -0.2) is 19.1 Å². The fraction of sp³-hybridized carbons (Fsp3) is 0. The van der Waals surface area contributed by atoms with Crippen LogP contribution in [0.5, 0.6) is 0 Å². The minimum Gasteiger partial charge on any atom is -0.309 e. The molecule has 4 heteroatoms. The molecule has 0 N–H and O–H groups in total. The standard InChI is InChI=1S/C54H34N4/c1-3-14-36(15-4-1)53-44-20-9-11-21-47(44)55-54(56-53)37-23-28-41(29-24-37)57-48-22-12-10-19-43(48)45-33-38(26-30-49(45)57)39-27-31-50-46(34-39)52-42-18-8-7-13-35(42)25-32-51(52)58(50)40-16-5-2-6-17-40/h1-34H. The second kappa shape index (κ2) is 12.9. The van der Waals surface area contributed by atoms with Gasteiger partial charge in [0.05, 0.1) is 33.3 Å². The molecule has 0 saturated carbocycles. The summed E-state index contributed by atoms with van der Waals surface area (Å²) < 4.78 is 4.77. The van der Waals surface area contributed by atoms with Crippen molar-refractivity contribution in [3.8, 4) is 45.1 Å². The summed E-state index contributed by atoms with van der Waals surface area (Å²) in [6.07, 6.45) is 0. The van der Waals surface area contributed by atoms with Gasteiger partial charge in [0.15, 0.2) is 5.82 Å². The van der Waals surface area contributed by atoms with Crippen LogP contribution >= 0.6 is 0 Å². The van der Waals surface area contributed by atoms with E-state index in [2.05, 4.69) is 197 Å². The normalized spacial score (nSPS) is 11.8. The predicted molar refractivity (Wildman–Crippen MR) is 242 cm³/mol. The Morgan fingerprint density at radius 3 is 1.66 bits per heavy atom. The largest absolute Gasteiger partial charge is 0.309 e. The molecule has 58 heavy (non-hydrogen) atoms. The zero-order valence-electron chi connectivity index (χ0n) is 31.4. The van der Waals surface area contributed by atoms with E-state index in [4.69, 9.17) is 9.97 Å². The zero-order chi connectivity index (χ0) is 38.2. The maximum absolute atomic E-state index is 5.12. The van der Waals surface area contributed by atoms with Gasteiger partial charge in [-0.3, -0.25) is 0 Å². The van der Waals surface area contributed by atoms with Crippen LogP contribution in [0.3, 0.4) is 0 Å². The number of hydrogen-bond acceptors (Lipinski definition) is 2. The van der Waals surface area contributed by atoms with Crippen molar-refractivity contribution in [2.75, 3.05) is 0 Å². The molecule has 0 aliphatic carbocycles. The van der Waals surface area contributed by atoms with Crippen molar-refractivity contribution in [1.82, 2.24) is 19.1 Å². The number of aromatic nitrogens is 4.